The smallest absolute Gasteiger partial charge is 0.286 e. The van der Waals surface area contributed by atoms with Crippen LogP contribution in [0.3, 0.4) is 0 Å². The number of Topliss-reactive ketones (excluding diaryl/α,β-unsaturated/α-hetero) is 1. The highest BCUT2D eigenvalue weighted by Gasteiger charge is 2.27. The van der Waals surface area contributed by atoms with Gasteiger partial charge in [-0.3, -0.25) is 19.7 Å². The van der Waals surface area contributed by atoms with Crippen molar-refractivity contribution in [2.75, 3.05) is 6.26 Å². The minimum atomic E-state index is -3.01. The fourth-order valence-electron chi connectivity index (χ4n) is 2.89. The molecule has 0 aliphatic carbocycles. The second kappa shape index (κ2) is 14.6. The Morgan fingerprint density at radius 1 is 0.975 bits per heavy atom. The number of halogens is 4. The quantitative estimate of drug-likeness (QED) is 0.174. The zero-order chi connectivity index (χ0) is 30.7. The molecule has 3 rings (SSSR count). The number of hydrogen-bond donors (Lipinski definition) is 0. The lowest BCUT2D eigenvalue weighted by Gasteiger charge is -2.14. The lowest BCUT2D eigenvalue weighted by molar-refractivity contribution is 0.0121. The van der Waals surface area contributed by atoms with E-state index < -0.39 is 26.8 Å². The van der Waals surface area contributed by atoms with Crippen molar-refractivity contribution in [2.45, 2.75) is 65.1 Å². The third kappa shape index (κ3) is 11.2. The highest BCUT2D eigenvalue weighted by Crippen LogP contribution is 2.28. The van der Waals surface area contributed by atoms with E-state index in [-0.39, 0.29) is 17.2 Å². The molecule has 216 valence electrons. The van der Waals surface area contributed by atoms with E-state index in [2.05, 4.69) is 26.2 Å². The van der Waals surface area contributed by atoms with Crippen LogP contribution in [-0.2, 0) is 28.0 Å². The summed E-state index contributed by atoms with van der Waals surface area (Å²) in [4.78, 5) is 22.0. The van der Waals surface area contributed by atoms with Crippen molar-refractivity contribution in [3.8, 4) is 6.19 Å². The number of aromatic nitrogens is 3. The molecule has 12 heteroatoms. The van der Waals surface area contributed by atoms with Crippen LogP contribution in [0.1, 0.15) is 78.4 Å². The number of alkyl halides is 4. The molecule has 7 nitrogen and oxygen atoms in total. The highest BCUT2D eigenvalue weighted by molar-refractivity contribution is 7.93. The topological polar surface area (TPSA) is 109 Å². The van der Waals surface area contributed by atoms with Crippen LogP contribution in [0, 0.1) is 18.4 Å². The molecule has 0 amide bonds. The van der Waals surface area contributed by atoms with E-state index in [0.29, 0.717) is 11.3 Å². The summed E-state index contributed by atoms with van der Waals surface area (Å²) in [7, 11) is -2.73. The SMILES string of the molecule is CC(c1ccc(C(C)(F)F)nc1)S(C)(=O)=NC#N.CCc1ccc(C(C)=O)nc1.Cc1ccc(C(C)(F)F)nc1. The van der Waals surface area contributed by atoms with Gasteiger partial charge in [-0.1, -0.05) is 25.1 Å². The second-order valence-electron chi connectivity index (χ2n) is 9.13. The van der Waals surface area contributed by atoms with Gasteiger partial charge in [0, 0.05) is 45.6 Å². The van der Waals surface area contributed by atoms with Crippen LogP contribution in [0.25, 0.3) is 0 Å². The first-order valence-corrected chi connectivity index (χ1v) is 14.1. The van der Waals surface area contributed by atoms with E-state index in [1.807, 2.05) is 13.0 Å². The molecule has 2 atom stereocenters. The molecule has 0 aromatic carbocycles. The van der Waals surface area contributed by atoms with Gasteiger partial charge in [0.2, 0.25) is 6.19 Å². The van der Waals surface area contributed by atoms with Crippen molar-refractivity contribution in [2.24, 2.45) is 4.36 Å². The number of carbonyl (C=O) groups is 1. The molecule has 3 aromatic rings. The van der Waals surface area contributed by atoms with Crippen molar-refractivity contribution in [3.63, 3.8) is 0 Å². The summed E-state index contributed by atoms with van der Waals surface area (Å²) in [6.45, 7) is 8.60. The standard InChI is InChI=1S/C11H13F2N3OS.C9H11NO.C8H9F2N/c1-8(18(3,17)16-7-14)9-4-5-10(15-6-9)11(2,12)13;1-3-8-4-5-9(7(2)11)10-6-8;1-6-3-4-7(11-5-6)8(2,9)10/h4-6,8H,1-3H3;4-6H,3H2,1-2H3;3-5H,1-2H3. The van der Waals surface area contributed by atoms with E-state index in [9.17, 15) is 26.6 Å². The molecule has 0 N–H and O–H groups in total. The number of pyridine rings is 3. The number of nitrogens with zero attached hydrogens (tertiary/aromatic N) is 5. The fraction of sp³-hybridized carbons (Fsp3) is 0.393. The minimum Gasteiger partial charge on any atom is -0.293 e. The zero-order valence-electron chi connectivity index (χ0n) is 23.5. The number of nitriles is 1. The number of rotatable bonds is 6. The van der Waals surface area contributed by atoms with Gasteiger partial charge in [-0.05, 0) is 55.2 Å². The van der Waals surface area contributed by atoms with Crippen molar-refractivity contribution >= 4 is 15.5 Å². The van der Waals surface area contributed by atoms with Crippen LogP contribution in [0.2, 0.25) is 0 Å². The molecular weight excluding hydrogens is 546 g/mol. The van der Waals surface area contributed by atoms with Crippen molar-refractivity contribution < 1.29 is 26.6 Å². The molecule has 0 saturated heterocycles. The largest absolute Gasteiger partial charge is 0.293 e. The number of ketones is 1. The molecule has 0 radical (unpaired) electrons. The first-order valence-electron chi connectivity index (χ1n) is 12.1. The average Bonchev–Trinajstić information content (AvgIpc) is 2.88. The van der Waals surface area contributed by atoms with Crippen molar-refractivity contribution in [1.82, 2.24) is 15.0 Å². The Balaban J connectivity index is 0.000000315. The molecule has 0 spiro atoms. The van der Waals surface area contributed by atoms with Crippen LogP contribution < -0.4 is 0 Å². The highest BCUT2D eigenvalue weighted by atomic mass is 32.2. The Bertz CT molecular complexity index is 1400. The third-order valence-electron chi connectivity index (χ3n) is 5.54. The van der Waals surface area contributed by atoms with Gasteiger partial charge in [-0.25, -0.2) is 4.21 Å². The van der Waals surface area contributed by atoms with Crippen molar-refractivity contribution in [3.05, 3.63) is 88.8 Å². The lowest BCUT2D eigenvalue weighted by Crippen LogP contribution is -2.12. The van der Waals surface area contributed by atoms with Crippen LogP contribution >= 0.6 is 0 Å². The van der Waals surface area contributed by atoms with E-state index in [1.165, 1.54) is 50.0 Å². The number of aryl methyl sites for hydroxylation is 2. The van der Waals surface area contributed by atoms with E-state index in [1.54, 1.807) is 25.3 Å². The fourth-order valence-corrected chi connectivity index (χ4v) is 3.85. The third-order valence-corrected chi connectivity index (χ3v) is 7.57. The Kier molecular flexibility index (Phi) is 12.5. The van der Waals surface area contributed by atoms with Crippen molar-refractivity contribution in [1.29, 1.82) is 5.26 Å². The summed E-state index contributed by atoms with van der Waals surface area (Å²) in [6.07, 6.45) is 8.24. The maximum atomic E-state index is 13.0. The Hall–Kier alpha value is -3.72. The molecule has 0 fully saturated rings. The van der Waals surface area contributed by atoms with Gasteiger partial charge < -0.3 is 0 Å². The Morgan fingerprint density at radius 2 is 1.52 bits per heavy atom. The second-order valence-corrected chi connectivity index (χ2v) is 11.7. The average molecular weight is 580 g/mol. The predicted molar refractivity (Wildman–Crippen MR) is 146 cm³/mol. The normalized spacial score (nSPS) is 13.2. The summed E-state index contributed by atoms with van der Waals surface area (Å²) >= 11 is 0. The maximum absolute atomic E-state index is 13.0. The molecule has 0 bridgehead atoms. The number of carbonyl (C=O) groups excluding carboxylic acids is 1. The molecule has 3 aromatic heterocycles. The molecule has 3 heterocycles. The van der Waals surface area contributed by atoms with Crippen LogP contribution in [-0.4, -0.2) is 31.2 Å². The molecule has 0 aliphatic rings. The van der Waals surface area contributed by atoms with Crippen LogP contribution in [0.4, 0.5) is 17.6 Å². The van der Waals surface area contributed by atoms with Gasteiger partial charge in [-0.15, -0.1) is 4.36 Å². The molecule has 2 unspecified atom stereocenters. The van der Waals surface area contributed by atoms with Gasteiger partial charge in [0.25, 0.3) is 11.8 Å². The van der Waals surface area contributed by atoms with Gasteiger partial charge >= 0.3 is 0 Å². The predicted octanol–water partition coefficient (Wildman–Crippen LogP) is 7.18. The summed E-state index contributed by atoms with van der Waals surface area (Å²) in [5.74, 6) is -5.81. The molecular formula is C28H33F4N5O2S. The Labute approximate surface area is 232 Å². The van der Waals surface area contributed by atoms with Crippen LogP contribution in [0.15, 0.2) is 59.4 Å². The summed E-state index contributed by atoms with van der Waals surface area (Å²) in [5.41, 5.74) is 2.58. The summed E-state index contributed by atoms with van der Waals surface area (Å²) < 4.78 is 66.3. The Morgan fingerprint density at radius 3 is 1.88 bits per heavy atom. The minimum absolute atomic E-state index is 0.0210. The molecule has 40 heavy (non-hydrogen) atoms. The molecule has 0 saturated carbocycles. The molecule has 0 aliphatic heterocycles. The van der Waals surface area contributed by atoms with E-state index in [4.69, 9.17) is 5.26 Å². The van der Waals surface area contributed by atoms with Gasteiger partial charge in [0.1, 0.15) is 17.1 Å². The van der Waals surface area contributed by atoms with Gasteiger partial charge in [0.05, 0.1) is 15.0 Å². The monoisotopic (exact) mass is 579 g/mol. The summed E-state index contributed by atoms with van der Waals surface area (Å²) in [6, 6.07) is 9.29. The maximum Gasteiger partial charge on any atom is 0.286 e. The first-order chi connectivity index (χ1) is 18.4. The van der Waals surface area contributed by atoms with Gasteiger partial charge in [0.15, 0.2) is 5.78 Å². The van der Waals surface area contributed by atoms with E-state index >= 15 is 0 Å². The van der Waals surface area contributed by atoms with Gasteiger partial charge in [-0.2, -0.15) is 22.8 Å². The van der Waals surface area contributed by atoms with E-state index in [0.717, 1.165) is 31.4 Å². The first kappa shape index (κ1) is 34.3. The van der Waals surface area contributed by atoms with Crippen LogP contribution in [0.5, 0.6) is 0 Å². The zero-order valence-corrected chi connectivity index (χ0v) is 24.3. The lowest BCUT2D eigenvalue weighted by atomic mass is 10.1. The number of hydrogen-bond acceptors (Lipinski definition) is 7. The summed E-state index contributed by atoms with van der Waals surface area (Å²) in [5, 5.41) is 7.89.